The molecular weight excluding hydrogens is 278 g/mol. The van der Waals surface area contributed by atoms with Crippen molar-refractivity contribution in [3.8, 4) is 0 Å². The fourth-order valence-corrected chi connectivity index (χ4v) is 2.98. The van der Waals surface area contributed by atoms with Crippen molar-refractivity contribution in [2.24, 2.45) is 0 Å². The van der Waals surface area contributed by atoms with E-state index in [0.717, 1.165) is 25.5 Å². The highest BCUT2D eigenvalue weighted by Gasteiger charge is 2.21. The second-order valence-corrected chi connectivity index (χ2v) is 6.45. The quantitative estimate of drug-likeness (QED) is 0.870. The lowest BCUT2D eigenvalue weighted by atomic mass is 10.2. The van der Waals surface area contributed by atoms with Crippen LogP contribution in [0.15, 0.2) is 6.33 Å². The number of aromatic nitrogens is 3. The van der Waals surface area contributed by atoms with E-state index in [1.54, 1.807) is 6.33 Å². The summed E-state index contributed by atoms with van der Waals surface area (Å²) in [5.41, 5.74) is 0. The summed E-state index contributed by atoms with van der Waals surface area (Å²) in [4.78, 5) is 14.6. The fourth-order valence-electron chi connectivity index (χ4n) is 2.98. The van der Waals surface area contributed by atoms with Crippen LogP contribution in [0.2, 0.25) is 0 Å². The average Bonchev–Trinajstić information content (AvgIpc) is 2.80. The van der Waals surface area contributed by atoms with Gasteiger partial charge < -0.3 is 9.88 Å². The lowest BCUT2D eigenvalue weighted by Gasteiger charge is -2.26. The van der Waals surface area contributed by atoms with Gasteiger partial charge in [-0.1, -0.05) is 26.7 Å². The van der Waals surface area contributed by atoms with Crippen molar-refractivity contribution in [1.82, 2.24) is 25.0 Å². The molecule has 1 aromatic heterocycles. The highest BCUT2D eigenvalue weighted by molar-refractivity contribution is 5.81. The van der Waals surface area contributed by atoms with Crippen molar-refractivity contribution in [2.45, 2.75) is 65.0 Å². The molecule has 6 heteroatoms. The molecule has 1 amide bonds. The molecule has 0 radical (unpaired) electrons. The molecule has 1 fully saturated rings. The number of hydrogen-bond donors (Lipinski definition) is 1. The Morgan fingerprint density at radius 3 is 2.55 bits per heavy atom. The van der Waals surface area contributed by atoms with E-state index in [2.05, 4.69) is 34.3 Å². The van der Waals surface area contributed by atoms with Gasteiger partial charge in [-0.2, -0.15) is 0 Å². The molecule has 22 heavy (non-hydrogen) atoms. The predicted molar refractivity (Wildman–Crippen MR) is 86.6 cm³/mol. The number of hydrogen-bond acceptors (Lipinski definition) is 4. The largest absolute Gasteiger partial charge is 0.353 e. The van der Waals surface area contributed by atoms with Crippen molar-refractivity contribution in [3.05, 3.63) is 12.2 Å². The van der Waals surface area contributed by atoms with Gasteiger partial charge in [0.05, 0.1) is 6.04 Å². The Labute approximate surface area is 133 Å². The molecule has 1 aliphatic rings. The Kier molecular flexibility index (Phi) is 6.36. The first kappa shape index (κ1) is 16.9. The summed E-state index contributed by atoms with van der Waals surface area (Å²) in [5, 5.41) is 11.1. The van der Waals surface area contributed by atoms with Gasteiger partial charge in [0.15, 0.2) is 0 Å². The molecule has 1 saturated heterocycles. The maximum Gasteiger partial charge on any atom is 0.237 e. The smallest absolute Gasteiger partial charge is 0.237 e. The standard InChI is InChI=1S/C16H29N5O/c1-13(2)15-19-18-12-21(15)11-8-17-16(22)14(3)20-9-6-4-5-7-10-20/h12-14H,4-11H2,1-3H3,(H,17,22)/t14-/m1/s1. The summed E-state index contributed by atoms with van der Waals surface area (Å²) in [7, 11) is 0. The molecule has 1 aliphatic heterocycles. The molecule has 2 rings (SSSR count). The third-order valence-electron chi connectivity index (χ3n) is 4.38. The number of carbonyl (C=O) groups is 1. The van der Waals surface area contributed by atoms with Crippen molar-refractivity contribution in [1.29, 1.82) is 0 Å². The van der Waals surface area contributed by atoms with Crippen LogP contribution in [0.25, 0.3) is 0 Å². The van der Waals surface area contributed by atoms with Crippen molar-refractivity contribution < 1.29 is 4.79 Å². The van der Waals surface area contributed by atoms with Gasteiger partial charge in [0.25, 0.3) is 0 Å². The number of nitrogens with zero attached hydrogens (tertiary/aromatic N) is 4. The van der Waals surface area contributed by atoms with Gasteiger partial charge >= 0.3 is 0 Å². The number of carbonyl (C=O) groups excluding carboxylic acids is 1. The van der Waals surface area contributed by atoms with E-state index in [4.69, 9.17) is 0 Å². The summed E-state index contributed by atoms with van der Waals surface area (Å²) >= 11 is 0. The SMILES string of the molecule is CC(C)c1nncn1CCNC(=O)[C@@H](C)N1CCCCCC1. The van der Waals surface area contributed by atoms with Gasteiger partial charge in [0, 0.05) is 19.0 Å². The zero-order chi connectivity index (χ0) is 15.9. The minimum atomic E-state index is -0.0384. The van der Waals surface area contributed by atoms with Gasteiger partial charge in [-0.05, 0) is 32.9 Å². The Morgan fingerprint density at radius 2 is 1.91 bits per heavy atom. The van der Waals surface area contributed by atoms with E-state index in [1.807, 2.05) is 11.5 Å². The van der Waals surface area contributed by atoms with Crippen LogP contribution in [-0.2, 0) is 11.3 Å². The minimum absolute atomic E-state index is 0.0384. The maximum absolute atomic E-state index is 12.3. The Morgan fingerprint density at radius 1 is 1.23 bits per heavy atom. The summed E-state index contributed by atoms with van der Waals surface area (Å²) in [6, 6.07) is -0.0384. The zero-order valence-electron chi connectivity index (χ0n) is 14.1. The summed E-state index contributed by atoms with van der Waals surface area (Å²) in [5.74, 6) is 1.44. The van der Waals surface area contributed by atoms with Crippen LogP contribution in [0.5, 0.6) is 0 Å². The molecule has 0 aromatic carbocycles. The fraction of sp³-hybridized carbons (Fsp3) is 0.812. The maximum atomic E-state index is 12.3. The Bertz CT molecular complexity index is 463. The molecule has 1 aromatic rings. The van der Waals surface area contributed by atoms with E-state index in [1.165, 1.54) is 25.7 Å². The molecule has 0 bridgehead atoms. The molecular formula is C16H29N5O. The van der Waals surface area contributed by atoms with Crippen LogP contribution in [0.1, 0.15) is 58.2 Å². The molecule has 0 unspecified atom stereocenters. The molecule has 1 N–H and O–H groups in total. The van der Waals surface area contributed by atoms with E-state index >= 15 is 0 Å². The molecule has 0 saturated carbocycles. The second kappa shape index (κ2) is 8.27. The topological polar surface area (TPSA) is 63.1 Å². The number of rotatable bonds is 6. The Balaban J connectivity index is 1.78. The van der Waals surface area contributed by atoms with Crippen molar-refractivity contribution in [3.63, 3.8) is 0 Å². The predicted octanol–water partition coefficient (Wildman–Crippen LogP) is 1.78. The van der Waals surface area contributed by atoms with Gasteiger partial charge in [-0.3, -0.25) is 9.69 Å². The van der Waals surface area contributed by atoms with Crippen LogP contribution in [-0.4, -0.2) is 51.2 Å². The van der Waals surface area contributed by atoms with Gasteiger partial charge in [0.2, 0.25) is 5.91 Å². The molecule has 6 nitrogen and oxygen atoms in total. The summed E-state index contributed by atoms with van der Waals surface area (Å²) in [6.45, 7) is 9.63. The summed E-state index contributed by atoms with van der Waals surface area (Å²) < 4.78 is 2.02. The van der Waals surface area contributed by atoms with Crippen molar-refractivity contribution >= 4 is 5.91 Å². The van der Waals surface area contributed by atoms with Crippen LogP contribution in [0.4, 0.5) is 0 Å². The zero-order valence-corrected chi connectivity index (χ0v) is 14.1. The second-order valence-electron chi connectivity index (χ2n) is 6.45. The van der Waals surface area contributed by atoms with E-state index in [0.29, 0.717) is 12.5 Å². The lowest BCUT2D eigenvalue weighted by molar-refractivity contribution is -0.125. The molecule has 124 valence electrons. The average molecular weight is 307 g/mol. The van der Waals surface area contributed by atoms with Crippen LogP contribution < -0.4 is 5.32 Å². The van der Waals surface area contributed by atoms with Crippen LogP contribution in [0.3, 0.4) is 0 Å². The Hall–Kier alpha value is -1.43. The highest BCUT2D eigenvalue weighted by Crippen LogP contribution is 2.12. The normalized spacial score (nSPS) is 18.2. The van der Waals surface area contributed by atoms with Crippen LogP contribution >= 0.6 is 0 Å². The first-order valence-corrected chi connectivity index (χ1v) is 8.49. The minimum Gasteiger partial charge on any atom is -0.353 e. The molecule has 2 heterocycles. The van der Waals surface area contributed by atoms with Crippen molar-refractivity contribution in [2.75, 3.05) is 19.6 Å². The van der Waals surface area contributed by atoms with E-state index < -0.39 is 0 Å². The first-order chi connectivity index (χ1) is 10.6. The number of amides is 1. The monoisotopic (exact) mass is 307 g/mol. The van der Waals surface area contributed by atoms with E-state index in [-0.39, 0.29) is 11.9 Å². The van der Waals surface area contributed by atoms with E-state index in [9.17, 15) is 4.79 Å². The molecule has 0 spiro atoms. The number of likely N-dealkylation sites (tertiary alicyclic amines) is 1. The van der Waals surface area contributed by atoms with Gasteiger partial charge in [-0.15, -0.1) is 10.2 Å². The lowest BCUT2D eigenvalue weighted by Crippen LogP contribution is -2.46. The highest BCUT2D eigenvalue weighted by atomic mass is 16.2. The van der Waals surface area contributed by atoms with Gasteiger partial charge in [-0.25, -0.2) is 0 Å². The third-order valence-corrected chi connectivity index (χ3v) is 4.38. The molecule has 1 atom stereocenters. The summed E-state index contributed by atoms with van der Waals surface area (Å²) in [6.07, 6.45) is 6.72. The number of nitrogens with one attached hydrogen (secondary N) is 1. The third kappa shape index (κ3) is 4.53. The van der Waals surface area contributed by atoms with Gasteiger partial charge in [0.1, 0.15) is 12.2 Å². The first-order valence-electron chi connectivity index (χ1n) is 8.49. The van der Waals surface area contributed by atoms with Crippen LogP contribution in [0, 0.1) is 0 Å². The molecule has 0 aliphatic carbocycles.